The summed E-state index contributed by atoms with van der Waals surface area (Å²) in [5.74, 6) is 1.21. The SMILES string of the molecule is Nc1nsc(NCCCC2CC2)c1C(=O)NC1CC1. The molecule has 0 aromatic carbocycles. The van der Waals surface area contributed by atoms with E-state index in [1.165, 1.54) is 30.8 Å². The standard InChI is InChI=1S/C13H20N4OS/c14-11-10(12(18)16-9-5-6-9)13(19-17-11)15-7-1-2-8-3-4-8/h8-9,15H,1-7H2,(H2,14,17)(H,16,18). The molecule has 3 rings (SSSR count). The minimum absolute atomic E-state index is 0.0848. The van der Waals surface area contributed by atoms with Crippen LogP contribution < -0.4 is 16.4 Å². The number of carbonyl (C=O) groups is 1. The first-order chi connectivity index (χ1) is 9.24. The van der Waals surface area contributed by atoms with Crippen LogP contribution in [0.4, 0.5) is 10.8 Å². The highest BCUT2D eigenvalue weighted by Crippen LogP contribution is 2.33. The summed E-state index contributed by atoms with van der Waals surface area (Å²) in [6.45, 7) is 0.891. The zero-order chi connectivity index (χ0) is 13.2. The van der Waals surface area contributed by atoms with E-state index in [2.05, 4.69) is 15.0 Å². The van der Waals surface area contributed by atoms with E-state index in [0.717, 1.165) is 36.7 Å². The first kappa shape index (κ1) is 12.7. The van der Waals surface area contributed by atoms with Gasteiger partial charge < -0.3 is 16.4 Å². The number of rotatable bonds is 7. The first-order valence-electron chi connectivity index (χ1n) is 7.04. The van der Waals surface area contributed by atoms with Crippen molar-refractivity contribution in [3.05, 3.63) is 5.56 Å². The lowest BCUT2D eigenvalue weighted by molar-refractivity contribution is 0.0953. The average Bonchev–Trinajstić information content (AvgIpc) is 3.27. The minimum Gasteiger partial charge on any atom is -0.382 e. The Morgan fingerprint density at radius 3 is 2.84 bits per heavy atom. The van der Waals surface area contributed by atoms with Gasteiger partial charge in [-0.2, -0.15) is 4.37 Å². The molecule has 0 bridgehead atoms. The molecule has 1 aromatic rings. The monoisotopic (exact) mass is 280 g/mol. The van der Waals surface area contributed by atoms with Crippen molar-refractivity contribution < 1.29 is 4.79 Å². The molecule has 1 aromatic heterocycles. The summed E-state index contributed by atoms with van der Waals surface area (Å²) in [5, 5.41) is 7.08. The molecule has 0 aliphatic heterocycles. The van der Waals surface area contributed by atoms with E-state index >= 15 is 0 Å². The third-order valence-electron chi connectivity index (χ3n) is 3.63. The van der Waals surface area contributed by atoms with Gasteiger partial charge in [-0.15, -0.1) is 0 Å². The maximum Gasteiger partial charge on any atom is 0.258 e. The number of nitrogens with two attached hydrogens (primary N) is 1. The van der Waals surface area contributed by atoms with Gasteiger partial charge in [0.1, 0.15) is 10.6 Å². The van der Waals surface area contributed by atoms with Crippen molar-refractivity contribution >= 4 is 28.3 Å². The van der Waals surface area contributed by atoms with Gasteiger partial charge in [0, 0.05) is 12.6 Å². The second-order valence-corrected chi connectivity index (χ2v) is 6.31. The highest BCUT2D eigenvalue weighted by atomic mass is 32.1. The highest BCUT2D eigenvalue weighted by molar-refractivity contribution is 7.11. The fourth-order valence-electron chi connectivity index (χ4n) is 2.13. The lowest BCUT2D eigenvalue weighted by Crippen LogP contribution is -2.26. The normalized spacial score (nSPS) is 18.3. The highest BCUT2D eigenvalue weighted by Gasteiger charge is 2.27. The molecular weight excluding hydrogens is 260 g/mol. The van der Waals surface area contributed by atoms with Gasteiger partial charge >= 0.3 is 0 Å². The number of nitrogens with zero attached hydrogens (tertiary/aromatic N) is 1. The molecule has 0 unspecified atom stereocenters. The third-order valence-corrected chi connectivity index (χ3v) is 4.45. The Kier molecular flexibility index (Phi) is 3.59. The Hall–Kier alpha value is -1.30. The Balaban J connectivity index is 1.54. The van der Waals surface area contributed by atoms with Crippen LogP contribution in [0.5, 0.6) is 0 Å². The molecule has 1 amide bonds. The summed E-state index contributed by atoms with van der Waals surface area (Å²) in [6.07, 6.45) is 7.36. The zero-order valence-electron chi connectivity index (χ0n) is 10.9. The molecule has 2 aliphatic rings. The molecule has 19 heavy (non-hydrogen) atoms. The van der Waals surface area contributed by atoms with Gasteiger partial charge in [-0.25, -0.2) is 0 Å². The Morgan fingerprint density at radius 1 is 1.37 bits per heavy atom. The predicted octanol–water partition coefficient (Wildman–Crippen LogP) is 2.22. The average molecular weight is 280 g/mol. The number of hydrogen-bond acceptors (Lipinski definition) is 5. The number of nitrogens with one attached hydrogen (secondary N) is 2. The number of amides is 1. The summed E-state index contributed by atoms with van der Waals surface area (Å²) in [5.41, 5.74) is 6.33. The summed E-state index contributed by atoms with van der Waals surface area (Å²) in [7, 11) is 0. The van der Waals surface area contributed by atoms with Crippen LogP contribution in [0.15, 0.2) is 0 Å². The van der Waals surface area contributed by atoms with Crippen molar-refractivity contribution in [1.82, 2.24) is 9.69 Å². The van der Waals surface area contributed by atoms with Gasteiger partial charge in [-0.1, -0.05) is 12.8 Å². The third kappa shape index (κ3) is 3.37. The number of carbonyl (C=O) groups excluding carboxylic acids is 1. The zero-order valence-corrected chi connectivity index (χ0v) is 11.8. The smallest absolute Gasteiger partial charge is 0.258 e. The summed E-state index contributed by atoms with van der Waals surface area (Å²) >= 11 is 1.28. The van der Waals surface area contributed by atoms with E-state index in [-0.39, 0.29) is 5.91 Å². The van der Waals surface area contributed by atoms with Crippen molar-refractivity contribution in [3.8, 4) is 0 Å². The predicted molar refractivity (Wildman–Crippen MR) is 77.5 cm³/mol. The van der Waals surface area contributed by atoms with Crippen LogP contribution >= 0.6 is 11.5 Å². The maximum absolute atomic E-state index is 12.1. The van der Waals surface area contributed by atoms with Crippen LogP contribution in [0.2, 0.25) is 0 Å². The van der Waals surface area contributed by atoms with E-state index < -0.39 is 0 Å². The molecule has 1 heterocycles. The van der Waals surface area contributed by atoms with Crippen LogP contribution in [0, 0.1) is 5.92 Å². The molecule has 0 radical (unpaired) electrons. The number of anilines is 2. The number of hydrogen-bond donors (Lipinski definition) is 3. The molecular formula is C13H20N4OS. The molecule has 4 N–H and O–H groups in total. The van der Waals surface area contributed by atoms with E-state index in [9.17, 15) is 4.79 Å². The summed E-state index contributed by atoms with van der Waals surface area (Å²) in [4.78, 5) is 12.1. The molecule has 5 nitrogen and oxygen atoms in total. The van der Waals surface area contributed by atoms with Crippen LogP contribution in [0.3, 0.4) is 0 Å². The van der Waals surface area contributed by atoms with Gasteiger partial charge in [0.15, 0.2) is 5.82 Å². The number of nitrogen functional groups attached to an aromatic ring is 1. The van der Waals surface area contributed by atoms with Gasteiger partial charge in [-0.3, -0.25) is 4.79 Å². The first-order valence-corrected chi connectivity index (χ1v) is 7.81. The van der Waals surface area contributed by atoms with Crippen molar-refractivity contribution in [2.45, 2.75) is 44.6 Å². The van der Waals surface area contributed by atoms with Crippen LogP contribution in [0.25, 0.3) is 0 Å². The molecule has 104 valence electrons. The van der Waals surface area contributed by atoms with Gasteiger partial charge in [0.05, 0.1) is 0 Å². The fourth-order valence-corrected chi connectivity index (χ4v) is 2.86. The molecule has 0 atom stereocenters. The summed E-state index contributed by atoms with van der Waals surface area (Å²) < 4.78 is 4.09. The van der Waals surface area contributed by atoms with Crippen molar-refractivity contribution in [3.63, 3.8) is 0 Å². The van der Waals surface area contributed by atoms with E-state index in [1.807, 2.05) is 0 Å². The Bertz CT molecular complexity index is 465. The molecule has 0 spiro atoms. The van der Waals surface area contributed by atoms with Gasteiger partial charge in [0.25, 0.3) is 5.91 Å². The topological polar surface area (TPSA) is 80.0 Å². The molecule has 6 heteroatoms. The second kappa shape index (κ2) is 5.36. The second-order valence-electron chi connectivity index (χ2n) is 5.53. The molecule has 2 saturated carbocycles. The van der Waals surface area contributed by atoms with Crippen molar-refractivity contribution in [1.29, 1.82) is 0 Å². The van der Waals surface area contributed by atoms with Crippen LogP contribution in [-0.4, -0.2) is 22.9 Å². The minimum atomic E-state index is -0.0848. The lowest BCUT2D eigenvalue weighted by Gasteiger charge is -2.07. The lowest BCUT2D eigenvalue weighted by atomic mass is 10.2. The van der Waals surface area contributed by atoms with E-state index in [1.54, 1.807) is 0 Å². The van der Waals surface area contributed by atoms with Crippen LogP contribution in [0.1, 0.15) is 48.9 Å². The summed E-state index contributed by atoms with van der Waals surface area (Å²) in [6, 6.07) is 0.342. The van der Waals surface area contributed by atoms with Crippen LogP contribution in [-0.2, 0) is 0 Å². The maximum atomic E-state index is 12.1. The van der Waals surface area contributed by atoms with Crippen molar-refractivity contribution in [2.75, 3.05) is 17.6 Å². The Labute approximate surface area is 117 Å². The fraction of sp³-hybridized carbons (Fsp3) is 0.692. The van der Waals surface area contributed by atoms with Crippen molar-refractivity contribution in [2.24, 2.45) is 5.92 Å². The van der Waals surface area contributed by atoms with Gasteiger partial charge in [-0.05, 0) is 43.1 Å². The molecule has 2 aliphatic carbocycles. The quantitative estimate of drug-likeness (QED) is 0.669. The largest absolute Gasteiger partial charge is 0.382 e. The molecule has 0 saturated heterocycles. The van der Waals surface area contributed by atoms with E-state index in [0.29, 0.717) is 17.4 Å². The Morgan fingerprint density at radius 2 is 2.16 bits per heavy atom. The van der Waals surface area contributed by atoms with E-state index in [4.69, 9.17) is 5.73 Å². The van der Waals surface area contributed by atoms with Gasteiger partial charge in [0.2, 0.25) is 0 Å². The number of aromatic nitrogens is 1. The molecule has 2 fully saturated rings.